The lowest BCUT2D eigenvalue weighted by atomic mass is 10.0. The van der Waals surface area contributed by atoms with Crippen molar-refractivity contribution in [1.82, 2.24) is 4.90 Å². The van der Waals surface area contributed by atoms with Crippen molar-refractivity contribution in [1.29, 1.82) is 0 Å². The molecule has 1 aliphatic rings. The molecule has 1 fully saturated rings. The third kappa shape index (κ3) is 5.05. The molecule has 1 rings (SSSR count). The van der Waals surface area contributed by atoms with E-state index in [9.17, 15) is 8.76 Å². The van der Waals surface area contributed by atoms with E-state index in [1.165, 1.54) is 0 Å². The van der Waals surface area contributed by atoms with Crippen molar-refractivity contribution in [3.63, 3.8) is 0 Å². The smallest absolute Gasteiger partial charge is 0.0229 e. The zero-order valence-corrected chi connectivity index (χ0v) is 9.30. The molecular formula is C9H19N2O2S-. The van der Waals surface area contributed by atoms with Gasteiger partial charge in [-0.2, -0.15) is 0 Å². The number of nitrogens with two attached hydrogens (primary N) is 1. The highest BCUT2D eigenvalue weighted by molar-refractivity contribution is 7.79. The van der Waals surface area contributed by atoms with Gasteiger partial charge in [-0.15, -0.1) is 0 Å². The molecule has 0 radical (unpaired) electrons. The fraction of sp³-hybridized carbons (Fsp3) is 1.00. The van der Waals surface area contributed by atoms with Crippen LogP contribution in [-0.4, -0.2) is 45.1 Å². The number of rotatable bonds is 3. The molecule has 0 spiro atoms. The van der Waals surface area contributed by atoms with Gasteiger partial charge in [0.25, 0.3) is 0 Å². The average Bonchev–Trinajstić information content (AvgIpc) is 2.11. The molecule has 0 bridgehead atoms. The lowest BCUT2D eigenvalue weighted by Crippen LogP contribution is -2.35. The highest BCUT2D eigenvalue weighted by Gasteiger charge is 2.11. The van der Waals surface area contributed by atoms with Gasteiger partial charge in [0.1, 0.15) is 0 Å². The molecule has 1 heterocycles. The van der Waals surface area contributed by atoms with Crippen LogP contribution in [0, 0.1) is 0 Å². The van der Waals surface area contributed by atoms with Gasteiger partial charge in [-0.3, -0.25) is 4.21 Å². The Bertz CT molecular complexity index is 190. The third-order valence-corrected chi connectivity index (χ3v) is 3.21. The maximum Gasteiger partial charge on any atom is 0.0229 e. The van der Waals surface area contributed by atoms with Gasteiger partial charge in [0.05, 0.1) is 0 Å². The van der Waals surface area contributed by atoms with Crippen LogP contribution in [0.2, 0.25) is 0 Å². The van der Waals surface area contributed by atoms with Crippen LogP contribution in [0.5, 0.6) is 0 Å². The van der Waals surface area contributed by atoms with Crippen molar-refractivity contribution in [2.24, 2.45) is 5.73 Å². The molecule has 2 N–H and O–H groups in total. The van der Waals surface area contributed by atoms with Crippen LogP contribution in [0.25, 0.3) is 0 Å². The molecule has 1 aliphatic heterocycles. The van der Waals surface area contributed by atoms with E-state index in [2.05, 4.69) is 4.90 Å². The first kappa shape index (κ1) is 12.1. The van der Waals surface area contributed by atoms with Crippen molar-refractivity contribution < 1.29 is 8.76 Å². The summed E-state index contributed by atoms with van der Waals surface area (Å²) >= 11 is -1.91. The standard InChI is InChI=1S/C9H20N2O2S/c10-9-3-1-2-5-11(6-4-9)7-8-14(12)13/h9H,1-8,10H2,(H,12,13)/p-1. The van der Waals surface area contributed by atoms with Crippen molar-refractivity contribution in [3.05, 3.63) is 0 Å². The Labute approximate surface area is 88.1 Å². The van der Waals surface area contributed by atoms with Crippen LogP contribution in [0.4, 0.5) is 0 Å². The Morgan fingerprint density at radius 1 is 1.36 bits per heavy atom. The first-order valence-electron chi connectivity index (χ1n) is 5.22. The monoisotopic (exact) mass is 219 g/mol. The Balaban J connectivity index is 2.24. The Kier molecular flexibility index (Phi) is 5.62. The van der Waals surface area contributed by atoms with Gasteiger partial charge in [-0.25, -0.2) is 0 Å². The Morgan fingerprint density at radius 2 is 2.14 bits per heavy atom. The highest BCUT2D eigenvalue weighted by Crippen LogP contribution is 2.09. The summed E-state index contributed by atoms with van der Waals surface area (Å²) in [5.74, 6) is 0.245. The minimum absolute atomic E-state index is 0.245. The van der Waals surface area contributed by atoms with E-state index in [1.54, 1.807) is 0 Å². The molecule has 0 aromatic carbocycles. The van der Waals surface area contributed by atoms with E-state index >= 15 is 0 Å². The lowest BCUT2D eigenvalue weighted by Gasteiger charge is -2.27. The Hall–Kier alpha value is 0.0300. The van der Waals surface area contributed by atoms with Crippen molar-refractivity contribution in [2.45, 2.75) is 31.7 Å². The molecule has 0 aromatic heterocycles. The number of hydrogen-bond acceptors (Lipinski definition) is 4. The SMILES string of the molecule is NC1CCCCN(CCS(=O)[O-])CC1. The summed E-state index contributed by atoms with van der Waals surface area (Å²) in [4.78, 5) is 2.20. The van der Waals surface area contributed by atoms with Crippen molar-refractivity contribution in [2.75, 3.05) is 25.4 Å². The van der Waals surface area contributed by atoms with Crippen LogP contribution in [0.15, 0.2) is 0 Å². The molecular weight excluding hydrogens is 200 g/mol. The summed E-state index contributed by atoms with van der Waals surface area (Å²) in [6.45, 7) is 2.62. The molecule has 0 aliphatic carbocycles. The zero-order valence-electron chi connectivity index (χ0n) is 8.48. The largest absolute Gasteiger partial charge is 0.772 e. The second-order valence-electron chi connectivity index (χ2n) is 3.89. The van der Waals surface area contributed by atoms with E-state index in [4.69, 9.17) is 5.73 Å². The first-order chi connectivity index (χ1) is 6.68. The topological polar surface area (TPSA) is 69.4 Å². The van der Waals surface area contributed by atoms with E-state index in [0.29, 0.717) is 12.6 Å². The van der Waals surface area contributed by atoms with Gasteiger partial charge >= 0.3 is 0 Å². The second kappa shape index (κ2) is 6.50. The van der Waals surface area contributed by atoms with Gasteiger partial charge in [0, 0.05) is 18.3 Å². The second-order valence-corrected chi connectivity index (χ2v) is 4.91. The third-order valence-electron chi connectivity index (χ3n) is 2.69. The molecule has 84 valence electrons. The predicted octanol–water partition coefficient (Wildman–Crippen LogP) is 0.0688. The van der Waals surface area contributed by atoms with Gasteiger partial charge in [0.15, 0.2) is 0 Å². The fourth-order valence-corrected chi connectivity index (χ4v) is 2.18. The van der Waals surface area contributed by atoms with Gasteiger partial charge in [-0.1, -0.05) is 17.5 Å². The summed E-state index contributed by atoms with van der Waals surface area (Å²) in [6, 6.07) is 0.301. The molecule has 2 atom stereocenters. The molecule has 1 saturated heterocycles. The summed E-state index contributed by atoms with van der Waals surface area (Å²) in [5.41, 5.74) is 5.87. The van der Waals surface area contributed by atoms with Crippen LogP contribution < -0.4 is 5.73 Å². The zero-order chi connectivity index (χ0) is 10.4. The summed E-state index contributed by atoms with van der Waals surface area (Å²) in [6.07, 6.45) is 4.41. The Morgan fingerprint density at radius 3 is 2.86 bits per heavy atom. The summed E-state index contributed by atoms with van der Waals surface area (Å²) in [5, 5.41) is 0. The van der Waals surface area contributed by atoms with Crippen LogP contribution in [0.3, 0.4) is 0 Å². The number of nitrogens with zero attached hydrogens (tertiary/aromatic N) is 1. The average molecular weight is 219 g/mol. The molecule has 0 aromatic rings. The van der Waals surface area contributed by atoms with Crippen molar-refractivity contribution >= 4 is 11.1 Å². The fourth-order valence-electron chi connectivity index (χ4n) is 1.77. The lowest BCUT2D eigenvalue weighted by molar-refractivity contribution is 0.250. The van der Waals surface area contributed by atoms with E-state index in [-0.39, 0.29) is 5.75 Å². The highest BCUT2D eigenvalue weighted by atomic mass is 32.2. The normalized spacial score (nSPS) is 28.0. The summed E-state index contributed by atoms with van der Waals surface area (Å²) < 4.78 is 20.8. The van der Waals surface area contributed by atoms with Crippen LogP contribution in [0.1, 0.15) is 25.7 Å². The molecule has 14 heavy (non-hydrogen) atoms. The first-order valence-corrected chi connectivity index (χ1v) is 6.46. The molecule has 0 saturated carbocycles. The van der Waals surface area contributed by atoms with E-state index in [0.717, 1.165) is 38.8 Å². The molecule has 5 heteroatoms. The van der Waals surface area contributed by atoms with Gasteiger partial charge in [-0.05, 0) is 32.4 Å². The van der Waals surface area contributed by atoms with Gasteiger partial charge in [0.2, 0.25) is 0 Å². The minimum atomic E-state index is -1.91. The molecule has 4 nitrogen and oxygen atoms in total. The predicted molar refractivity (Wildman–Crippen MR) is 56.7 cm³/mol. The van der Waals surface area contributed by atoms with Gasteiger partial charge < -0.3 is 15.2 Å². The molecule has 0 amide bonds. The molecule has 2 unspecified atom stereocenters. The van der Waals surface area contributed by atoms with Crippen LogP contribution >= 0.6 is 0 Å². The quantitative estimate of drug-likeness (QED) is 0.682. The number of likely N-dealkylation sites (tertiary alicyclic amines) is 1. The minimum Gasteiger partial charge on any atom is -0.772 e. The van der Waals surface area contributed by atoms with E-state index < -0.39 is 11.1 Å². The van der Waals surface area contributed by atoms with Crippen LogP contribution in [-0.2, 0) is 11.1 Å². The maximum absolute atomic E-state index is 10.4. The van der Waals surface area contributed by atoms with Crippen molar-refractivity contribution in [3.8, 4) is 0 Å². The van der Waals surface area contributed by atoms with E-state index in [1.807, 2.05) is 0 Å². The summed E-state index contributed by atoms with van der Waals surface area (Å²) in [7, 11) is 0. The number of hydrogen-bond donors (Lipinski definition) is 1. The maximum atomic E-state index is 10.4.